The summed E-state index contributed by atoms with van der Waals surface area (Å²) < 4.78 is 0. The lowest BCUT2D eigenvalue weighted by Gasteiger charge is -2.06. The van der Waals surface area contributed by atoms with Crippen LogP contribution in [0.15, 0.2) is 12.1 Å². The van der Waals surface area contributed by atoms with E-state index in [9.17, 15) is 4.79 Å². The number of aromatic carboxylic acids is 1. The van der Waals surface area contributed by atoms with E-state index < -0.39 is 5.97 Å². The zero-order valence-electron chi connectivity index (χ0n) is 7.66. The highest BCUT2D eigenvalue weighted by atomic mass is 16.4. The van der Waals surface area contributed by atoms with Gasteiger partial charge in [-0.05, 0) is 36.6 Å². The molecule has 0 heterocycles. The van der Waals surface area contributed by atoms with Crippen LogP contribution in [0.4, 0.5) is 0 Å². The first-order valence-corrected chi connectivity index (χ1v) is 4.00. The molecule has 0 aliphatic heterocycles. The molecule has 1 aromatic rings. The van der Waals surface area contributed by atoms with Crippen molar-refractivity contribution in [2.24, 2.45) is 0 Å². The van der Waals surface area contributed by atoms with E-state index >= 15 is 0 Å². The average Bonchev–Trinajstić information content (AvgIpc) is 2.08. The van der Waals surface area contributed by atoms with Crippen molar-refractivity contribution in [1.29, 1.82) is 0 Å². The molecule has 0 amide bonds. The summed E-state index contributed by atoms with van der Waals surface area (Å²) in [6.45, 7) is 3.51. The number of aliphatic hydroxyl groups is 1. The lowest BCUT2D eigenvalue weighted by Crippen LogP contribution is -2.04. The van der Waals surface area contributed by atoms with Crippen LogP contribution in [0.1, 0.15) is 27.0 Å². The molecule has 0 atom stereocenters. The fourth-order valence-electron chi connectivity index (χ4n) is 1.21. The Labute approximate surface area is 76.6 Å². The number of hydrogen-bond donors (Lipinski definition) is 2. The van der Waals surface area contributed by atoms with Crippen molar-refractivity contribution >= 4 is 5.97 Å². The lowest BCUT2D eigenvalue weighted by molar-refractivity contribution is 0.0693. The smallest absolute Gasteiger partial charge is 0.336 e. The van der Waals surface area contributed by atoms with E-state index in [0.717, 1.165) is 11.1 Å². The molecule has 13 heavy (non-hydrogen) atoms. The van der Waals surface area contributed by atoms with Gasteiger partial charge in [0.05, 0.1) is 12.2 Å². The van der Waals surface area contributed by atoms with Gasteiger partial charge in [-0.15, -0.1) is 0 Å². The van der Waals surface area contributed by atoms with E-state index in [-0.39, 0.29) is 12.2 Å². The van der Waals surface area contributed by atoms with Crippen molar-refractivity contribution < 1.29 is 15.0 Å². The molecule has 0 spiro atoms. The van der Waals surface area contributed by atoms with Crippen LogP contribution in [-0.2, 0) is 6.61 Å². The minimum absolute atomic E-state index is 0.186. The summed E-state index contributed by atoms with van der Waals surface area (Å²) >= 11 is 0. The fourth-order valence-corrected chi connectivity index (χ4v) is 1.21. The predicted molar refractivity (Wildman–Crippen MR) is 48.8 cm³/mol. The Bertz CT molecular complexity index is 342. The molecule has 3 heteroatoms. The molecule has 0 bridgehead atoms. The Morgan fingerprint density at radius 1 is 1.31 bits per heavy atom. The second-order valence-corrected chi connectivity index (χ2v) is 3.06. The number of aryl methyl sites for hydroxylation is 2. The summed E-state index contributed by atoms with van der Waals surface area (Å²) in [5.74, 6) is -0.993. The van der Waals surface area contributed by atoms with E-state index in [1.807, 2.05) is 13.8 Å². The number of aliphatic hydroxyl groups excluding tert-OH is 1. The topological polar surface area (TPSA) is 57.5 Å². The Kier molecular flexibility index (Phi) is 2.68. The summed E-state index contributed by atoms with van der Waals surface area (Å²) in [6.07, 6.45) is 0. The first-order valence-electron chi connectivity index (χ1n) is 4.00. The third kappa shape index (κ3) is 1.87. The Hall–Kier alpha value is -1.35. The molecule has 3 nitrogen and oxygen atoms in total. The van der Waals surface area contributed by atoms with Gasteiger partial charge < -0.3 is 10.2 Å². The number of benzene rings is 1. The van der Waals surface area contributed by atoms with Gasteiger partial charge in [-0.2, -0.15) is 0 Å². The zero-order chi connectivity index (χ0) is 10.0. The minimum atomic E-state index is -0.993. The van der Waals surface area contributed by atoms with Crippen LogP contribution in [0.25, 0.3) is 0 Å². The molecule has 0 saturated carbocycles. The Morgan fingerprint density at radius 3 is 2.31 bits per heavy atom. The molecule has 0 aliphatic rings. The summed E-state index contributed by atoms with van der Waals surface area (Å²) in [5, 5.41) is 17.7. The highest BCUT2D eigenvalue weighted by Crippen LogP contribution is 2.16. The zero-order valence-corrected chi connectivity index (χ0v) is 7.66. The molecule has 0 radical (unpaired) electrons. The van der Waals surface area contributed by atoms with E-state index in [2.05, 4.69) is 0 Å². The predicted octanol–water partition coefficient (Wildman–Crippen LogP) is 1.49. The number of hydrogen-bond acceptors (Lipinski definition) is 2. The second kappa shape index (κ2) is 3.58. The normalized spacial score (nSPS) is 10.1. The van der Waals surface area contributed by atoms with Crippen LogP contribution in [0.5, 0.6) is 0 Å². The van der Waals surface area contributed by atoms with Crippen LogP contribution >= 0.6 is 0 Å². The van der Waals surface area contributed by atoms with E-state index in [4.69, 9.17) is 10.2 Å². The number of rotatable bonds is 2. The molecule has 0 fully saturated rings. The summed E-state index contributed by atoms with van der Waals surface area (Å²) in [4.78, 5) is 10.7. The highest BCUT2D eigenvalue weighted by Gasteiger charge is 2.10. The quantitative estimate of drug-likeness (QED) is 0.725. The minimum Gasteiger partial charge on any atom is -0.478 e. The van der Waals surface area contributed by atoms with Crippen molar-refractivity contribution in [2.45, 2.75) is 20.5 Å². The fraction of sp³-hybridized carbons (Fsp3) is 0.300. The van der Waals surface area contributed by atoms with Gasteiger partial charge >= 0.3 is 5.97 Å². The molecule has 1 aromatic carbocycles. The van der Waals surface area contributed by atoms with E-state index in [1.54, 1.807) is 12.1 Å². The third-order valence-electron chi connectivity index (χ3n) is 2.12. The van der Waals surface area contributed by atoms with E-state index in [0.29, 0.717) is 5.56 Å². The molecule has 70 valence electrons. The monoisotopic (exact) mass is 180 g/mol. The van der Waals surface area contributed by atoms with Gasteiger partial charge in [0, 0.05) is 0 Å². The van der Waals surface area contributed by atoms with Gasteiger partial charge in [0.2, 0.25) is 0 Å². The van der Waals surface area contributed by atoms with Gasteiger partial charge in [-0.3, -0.25) is 0 Å². The molecule has 0 aromatic heterocycles. The van der Waals surface area contributed by atoms with Crippen LogP contribution in [0.3, 0.4) is 0 Å². The number of carboxylic acid groups (broad SMARTS) is 1. The van der Waals surface area contributed by atoms with Crippen molar-refractivity contribution in [2.75, 3.05) is 0 Å². The maximum atomic E-state index is 10.7. The standard InChI is InChI=1S/C10H12O3/c1-6-3-8(5-11)9(10(12)13)4-7(6)2/h3-4,11H,5H2,1-2H3,(H,12,13). The summed E-state index contributed by atoms with van der Waals surface area (Å²) in [7, 11) is 0. The second-order valence-electron chi connectivity index (χ2n) is 3.06. The largest absolute Gasteiger partial charge is 0.478 e. The lowest BCUT2D eigenvalue weighted by atomic mass is 10.0. The van der Waals surface area contributed by atoms with Crippen LogP contribution in [-0.4, -0.2) is 16.2 Å². The van der Waals surface area contributed by atoms with Crippen molar-refractivity contribution in [3.05, 3.63) is 34.4 Å². The third-order valence-corrected chi connectivity index (χ3v) is 2.12. The van der Waals surface area contributed by atoms with Crippen molar-refractivity contribution in [3.63, 3.8) is 0 Å². The molecule has 0 saturated heterocycles. The van der Waals surface area contributed by atoms with Crippen LogP contribution in [0.2, 0.25) is 0 Å². The Morgan fingerprint density at radius 2 is 1.85 bits per heavy atom. The van der Waals surface area contributed by atoms with E-state index in [1.165, 1.54) is 0 Å². The van der Waals surface area contributed by atoms with Gasteiger partial charge in [0.25, 0.3) is 0 Å². The molecule has 0 unspecified atom stereocenters. The van der Waals surface area contributed by atoms with Gasteiger partial charge in [0.15, 0.2) is 0 Å². The molecule has 2 N–H and O–H groups in total. The molecule has 0 aliphatic carbocycles. The Balaban J connectivity index is 3.33. The number of carboxylic acids is 1. The average molecular weight is 180 g/mol. The van der Waals surface area contributed by atoms with Crippen LogP contribution in [0, 0.1) is 13.8 Å². The molecular formula is C10H12O3. The van der Waals surface area contributed by atoms with Gasteiger partial charge in [-0.25, -0.2) is 4.79 Å². The number of carbonyl (C=O) groups is 1. The van der Waals surface area contributed by atoms with Gasteiger partial charge in [-0.1, -0.05) is 6.07 Å². The SMILES string of the molecule is Cc1cc(CO)c(C(=O)O)cc1C. The first-order chi connectivity index (χ1) is 6.06. The first kappa shape index (κ1) is 9.74. The molecular weight excluding hydrogens is 168 g/mol. The maximum Gasteiger partial charge on any atom is 0.336 e. The highest BCUT2D eigenvalue weighted by molar-refractivity contribution is 5.89. The van der Waals surface area contributed by atoms with Crippen LogP contribution < -0.4 is 0 Å². The van der Waals surface area contributed by atoms with Gasteiger partial charge in [0.1, 0.15) is 0 Å². The van der Waals surface area contributed by atoms with Crippen molar-refractivity contribution in [3.8, 4) is 0 Å². The van der Waals surface area contributed by atoms with Crippen molar-refractivity contribution in [1.82, 2.24) is 0 Å². The summed E-state index contributed by atoms with van der Waals surface area (Å²) in [6, 6.07) is 3.29. The molecule has 1 rings (SSSR count). The summed E-state index contributed by atoms with van der Waals surface area (Å²) in [5.41, 5.74) is 2.57. The maximum absolute atomic E-state index is 10.7.